The lowest BCUT2D eigenvalue weighted by molar-refractivity contribution is 0.466. The zero-order chi connectivity index (χ0) is 15.5. The number of rotatable bonds is 6. The van der Waals surface area contributed by atoms with Crippen LogP contribution in [0, 0.1) is 11.3 Å². The minimum Gasteiger partial charge on any atom is -0.598 e. The average Bonchev–Trinajstić information content (AvgIpc) is 2.75. The number of amidine groups is 1. The van der Waals surface area contributed by atoms with Gasteiger partial charge in [-0.1, -0.05) is 13.8 Å². The van der Waals surface area contributed by atoms with Crippen LogP contribution in [0.4, 0.5) is 0 Å². The summed E-state index contributed by atoms with van der Waals surface area (Å²) in [5.41, 5.74) is 6.25. The molecule has 1 aromatic rings. The maximum atomic E-state index is 12.3. The van der Waals surface area contributed by atoms with Crippen LogP contribution in [0.5, 0.6) is 0 Å². The second kappa shape index (κ2) is 6.93. The van der Waals surface area contributed by atoms with Crippen molar-refractivity contribution in [1.82, 2.24) is 4.72 Å². The van der Waals surface area contributed by atoms with E-state index in [2.05, 4.69) is 18.6 Å². The van der Waals surface area contributed by atoms with Gasteiger partial charge in [0.05, 0.1) is 6.04 Å². The van der Waals surface area contributed by atoms with Gasteiger partial charge in [0.1, 0.15) is 10.6 Å². The van der Waals surface area contributed by atoms with Crippen molar-refractivity contribution < 1.29 is 4.55 Å². The van der Waals surface area contributed by atoms with Crippen LogP contribution in [0.1, 0.15) is 57.5 Å². The third-order valence-electron chi connectivity index (χ3n) is 2.79. The molecule has 4 N–H and O–H groups in total. The Bertz CT molecular complexity index is 452. The highest BCUT2D eigenvalue weighted by Gasteiger charge is 2.30. The van der Waals surface area contributed by atoms with Crippen LogP contribution in [-0.4, -0.2) is 15.1 Å². The fraction of sp³-hybridized carbons (Fsp3) is 0.643. The standard InChI is InChI=1S/C14H25N3OS2/c1-9(2)6-11(17-20(18)14(3,4)5)12-7-10(8-19-12)13(15)16/h7-9,11,17H,6H2,1-5H3,(H3,15,16). The summed E-state index contributed by atoms with van der Waals surface area (Å²) >= 11 is 0.449. The van der Waals surface area contributed by atoms with Crippen molar-refractivity contribution in [3.8, 4) is 0 Å². The Morgan fingerprint density at radius 1 is 1.50 bits per heavy atom. The van der Waals surface area contributed by atoms with Gasteiger partial charge in [0.2, 0.25) is 0 Å². The van der Waals surface area contributed by atoms with Crippen LogP contribution in [0.3, 0.4) is 0 Å². The Labute approximate surface area is 129 Å². The third kappa shape index (κ3) is 5.09. The fourth-order valence-electron chi connectivity index (χ4n) is 1.68. The van der Waals surface area contributed by atoms with E-state index in [0.29, 0.717) is 5.92 Å². The van der Waals surface area contributed by atoms with Crippen LogP contribution in [-0.2, 0) is 11.4 Å². The van der Waals surface area contributed by atoms with Crippen LogP contribution in [0.2, 0.25) is 0 Å². The molecule has 0 bridgehead atoms. The molecule has 114 valence electrons. The molecule has 0 aliphatic carbocycles. The predicted molar refractivity (Wildman–Crippen MR) is 88.6 cm³/mol. The Kier molecular flexibility index (Phi) is 6.06. The first kappa shape index (κ1) is 17.5. The lowest BCUT2D eigenvalue weighted by atomic mass is 10.0. The lowest BCUT2D eigenvalue weighted by Crippen LogP contribution is -2.41. The summed E-state index contributed by atoms with van der Waals surface area (Å²) in [5.74, 6) is 0.570. The van der Waals surface area contributed by atoms with E-state index in [1.807, 2.05) is 32.2 Å². The molecule has 0 spiro atoms. The molecular weight excluding hydrogens is 290 g/mol. The molecule has 2 unspecified atom stereocenters. The van der Waals surface area contributed by atoms with E-state index in [0.717, 1.165) is 16.9 Å². The molecule has 1 rings (SSSR count). The van der Waals surface area contributed by atoms with Crippen LogP contribution in [0.25, 0.3) is 0 Å². The Morgan fingerprint density at radius 2 is 2.10 bits per heavy atom. The summed E-state index contributed by atoms with van der Waals surface area (Å²) in [4.78, 5) is 1.08. The minimum absolute atomic E-state index is 0.0353. The largest absolute Gasteiger partial charge is 0.598 e. The highest BCUT2D eigenvalue weighted by molar-refractivity contribution is 7.90. The first-order chi connectivity index (χ1) is 9.11. The first-order valence-electron chi connectivity index (χ1n) is 6.72. The van der Waals surface area contributed by atoms with Gasteiger partial charge in [-0.25, -0.2) is 0 Å². The molecule has 0 radical (unpaired) electrons. The van der Waals surface area contributed by atoms with E-state index in [1.54, 1.807) is 11.3 Å². The second-order valence-corrected chi connectivity index (χ2v) is 9.27. The first-order valence-corrected chi connectivity index (χ1v) is 8.75. The summed E-state index contributed by atoms with van der Waals surface area (Å²) in [5, 5.41) is 9.36. The molecule has 0 aliphatic heterocycles. The van der Waals surface area contributed by atoms with Crippen molar-refractivity contribution in [2.45, 2.75) is 51.8 Å². The van der Waals surface area contributed by atoms with Crippen LogP contribution in [0.15, 0.2) is 11.4 Å². The molecule has 4 nitrogen and oxygen atoms in total. The molecule has 0 saturated carbocycles. The van der Waals surface area contributed by atoms with Crippen molar-refractivity contribution in [2.24, 2.45) is 11.7 Å². The SMILES string of the molecule is CC(C)CC(N[S+]([O-])C(C)(C)C)c1cc(C(=N)N)cs1. The Hall–Kier alpha value is -0.560. The van der Waals surface area contributed by atoms with Crippen molar-refractivity contribution in [2.75, 3.05) is 0 Å². The molecule has 0 amide bonds. The van der Waals surface area contributed by atoms with Crippen molar-refractivity contribution in [1.29, 1.82) is 5.41 Å². The number of nitrogen functional groups attached to an aromatic ring is 1. The summed E-state index contributed by atoms with van der Waals surface area (Å²) in [6, 6.07) is 1.96. The predicted octanol–water partition coefficient (Wildman–Crippen LogP) is 3.17. The Morgan fingerprint density at radius 3 is 2.50 bits per heavy atom. The normalized spacial score (nSPS) is 15.3. The number of thiophene rings is 1. The number of hydrogen-bond donors (Lipinski definition) is 3. The molecule has 0 fully saturated rings. The van der Waals surface area contributed by atoms with E-state index in [9.17, 15) is 4.55 Å². The Balaban J connectivity index is 2.90. The van der Waals surface area contributed by atoms with Crippen molar-refractivity contribution in [3.63, 3.8) is 0 Å². The topological polar surface area (TPSA) is 85.0 Å². The molecule has 0 aromatic carbocycles. The molecule has 1 heterocycles. The van der Waals surface area contributed by atoms with Crippen LogP contribution < -0.4 is 10.5 Å². The molecule has 2 atom stereocenters. The van der Waals surface area contributed by atoms with Gasteiger partial charge in [-0.15, -0.1) is 16.1 Å². The number of nitrogens with one attached hydrogen (secondary N) is 2. The van der Waals surface area contributed by atoms with Crippen LogP contribution >= 0.6 is 11.3 Å². The second-order valence-electron chi connectivity index (χ2n) is 6.33. The highest BCUT2D eigenvalue weighted by Crippen LogP contribution is 2.29. The van der Waals surface area contributed by atoms with Crippen molar-refractivity contribution in [3.05, 3.63) is 21.9 Å². The van der Waals surface area contributed by atoms with E-state index in [-0.39, 0.29) is 16.6 Å². The maximum absolute atomic E-state index is 12.3. The maximum Gasteiger partial charge on any atom is 0.136 e. The van der Waals surface area contributed by atoms with Gasteiger partial charge in [-0.2, -0.15) is 0 Å². The van der Waals surface area contributed by atoms with Gasteiger partial charge in [0.15, 0.2) is 0 Å². The zero-order valence-corrected chi connectivity index (χ0v) is 14.5. The van der Waals surface area contributed by atoms with E-state index in [1.165, 1.54) is 0 Å². The molecule has 20 heavy (non-hydrogen) atoms. The molecule has 0 saturated heterocycles. The third-order valence-corrected chi connectivity index (χ3v) is 5.44. The van der Waals surface area contributed by atoms with Gasteiger partial charge in [0, 0.05) is 27.2 Å². The van der Waals surface area contributed by atoms with E-state index < -0.39 is 11.4 Å². The zero-order valence-electron chi connectivity index (χ0n) is 12.8. The van der Waals surface area contributed by atoms with E-state index in [4.69, 9.17) is 11.1 Å². The minimum atomic E-state index is -1.11. The van der Waals surface area contributed by atoms with Crippen molar-refractivity contribution >= 4 is 28.5 Å². The highest BCUT2D eigenvalue weighted by atomic mass is 32.2. The summed E-state index contributed by atoms with van der Waals surface area (Å²) in [6.45, 7) is 10.2. The van der Waals surface area contributed by atoms with Gasteiger partial charge < -0.3 is 10.3 Å². The quantitative estimate of drug-likeness (QED) is 0.428. The molecule has 0 aliphatic rings. The van der Waals surface area contributed by atoms with Gasteiger partial charge >= 0.3 is 0 Å². The summed E-state index contributed by atoms with van der Waals surface area (Å²) in [6.07, 6.45) is 0.902. The fourth-order valence-corrected chi connectivity index (χ4v) is 3.56. The average molecular weight is 316 g/mol. The summed E-state index contributed by atoms with van der Waals surface area (Å²) in [7, 11) is 0. The van der Waals surface area contributed by atoms with Gasteiger partial charge in [0.25, 0.3) is 0 Å². The molecular formula is C14H25N3OS2. The van der Waals surface area contributed by atoms with Gasteiger partial charge in [-0.05, 0) is 39.2 Å². The number of hydrogen-bond acceptors (Lipinski definition) is 4. The van der Waals surface area contributed by atoms with Gasteiger partial charge in [-0.3, -0.25) is 5.41 Å². The molecule has 1 aromatic heterocycles. The summed E-state index contributed by atoms with van der Waals surface area (Å²) < 4.78 is 15.2. The lowest BCUT2D eigenvalue weighted by Gasteiger charge is -2.28. The van der Waals surface area contributed by atoms with E-state index >= 15 is 0 Å². The smallest absolute Gasteiger partial charge is 0.136 e. The number of nitrogens with two attached hydrogens (primary N) is 1. The molecule has 6 heteroatoms. The monoisotopic (exact) mass is 315 g/mol.